The first-order valence-corrected chi connectivity index (χ1v) is 12.0. The Balaban J connectivity index is 1.69. The van der Waals surface area contributed by atoms with Crippen molar-refractivity contribution in [2.45, 2.75) is 25.2 Å². The maximum atomic E-state index is 13.6. The number of hydrogen-bond donors (Lipinski definition) is 0. The van der Waals surface area contributed by atoms with Crippen LogP contribution in [0.3, 0.4) is 0 Å². The summed E-state index contributed by atoms with van der Waals surface area (Å²) in [4.78, 5) is 30.7. The third kappa shape index (κ3) is 4.80. The number of likely N-dealkylation sites (tertiary alicyclic amines) is 2. The molecule has 2 heterocycles. The Hall–Kier alpha value is -2.93. The van der Waals surface area contributed by atoms with Gasteiger partial charge in [-0.05, 0) is 61.2 Å². The molecular formula is C26H31ClN2O5. The van der Waals surface area contributed by atoms with Gasteiger partial charge in [-0.25, -0.2) is 0 Å². The summed E-state index contributed by atoms with van der Waals surface area (Å²) >= 11 is 6.00. The number of ether oxygens (including phenoxy) is 3. The molecule has 34 heavy (non-hydrogen) atoms. The highest BCUT2D eigenvalue weighted by Gasteiger charge is 2.43. The van der Waals surface area contributed by atoms with Gasteiger partial charge in [-0.1, -0.05) is 11.6 Å². The maximum Gasteiger partial charge on any atom is 0.253 e. The molecule has 2 aliphatic heterocycles. The summed E-state index contributed by atoms with van der Waals surface area (Å²) in [6.45, 7) is 2.31. The summed E-state index contributed by atoms with van der Waals surface area (Å²) < 4.78 is 16.6. The van der Waals surface area contributed by atoms with Gasteiger partial charge in [0.1, 0.15) is 0 Å². The van der Waals surface area contributed by atoms with Crippen molar-refractivity contribution in [1.29, 1.82) is 0 Å². The van der Waals surface area contributed by atoms with E-state index in [2.05, 4.69) is 0 Å². The molecule has 0 aromatic heterocycles. The van der Waals surface area contributed by atoms with Crippen molar-refractivity contribution in [3.8, 4) is 17.2 Å². The molecular weight excluding hydrogens is 456 g/mol. The lowest BCUT2D eigenvalue weighted by molar-refractivity contribution is -0.136. The van der Waals surface area contributed by atoms with Crippen molar-refractivity contribution < 1.29 is 23.8 Å². The van der Waals surface area contributed by atoms with Crippen LogP contribution in [0.25, 0.3) is 0 Å². The zero-order chi connectivity index (χ0) is 24.2. The molecule has 0 unspecified atom stereocenters. The number of carbonyl (C=O) groups is 2. The molecule has 2 aromatic carbocycles. The quantitative estimate of drug-likeness (QED) is 0.611. The highest BCUT2D eigenvalue weighted by Crippen LogP contribution is 2.44. The van der Waals surface area contributed by atoms with E-state index < -0.39 is 0 Å². The second-order valence-corrected chi connectivity index (χ2v) is 9.21. The third-order valence-electron chi connectivity index (χ3n) is 6.80. The van der Waals surface area contributed by atoms with Gasteiger partial charge >= 0.3 is 0 Å². The number of hydrogen-bond acceptors (Lipinski definition) is 5. The number of methoxy groups -OCH3 is 3. The number of benzene rings is 2. The summed E-state index contributed by atoms with van der Waals surface area (Å²) in [6, 6.07) is 10.6. The monoisotopic (exact) mass is 486 g/mol. The molecule has 2 amide bonds. The molecule has 0 bridgehead atoms. The van der Waals surface area contributed by atoms with Crippen LogP contribution in [0.4, 0.5) is 0 Å². The van der Waals surface area contributed by atoms with E-state index in [0.29, 0.717) is 40.9 Å². The van der Waals surface area contributed by atoms with E-state index in [-0.39, 0.29) is 23.7 Å². The van der Waals surface area contributed by atoms with Crippen molar-refractivity contribution in [2.24, 2.45) is 5.92 Å². The zero-order valence-corrected chi connectivity index (χ0v) is 20.6. The molecule has 7 nitrogen and oxygen atoms in total. The number of amides is 2. The molecule has 2 atom stereocenters. The first kappa shape index (κ1) is 24.2. The number of rotatable bonds is 6. The summed E-state index contributed by atoms with van der Waals surface area (Å²) in [7, 11) is 4.70. The Bertz CT molecular complexity index is 1010. The average molecular weight is 487 g/mol. The van der Waals surface area contributed by atoms with E-state index in [1.807, 2.05) is 17.0 Å². The van der Waals surface area contributed by atoms with Crippen molar-refractivity contribution in [3.63, 3.8) is 0 Å². The summed E-state index contributed by atoms with van der Waals surface area (Å²) in [5, 5.41) is 0.575. The smallest absolute Gasteiger partial charge is 0.253 e. The number of piperidine rings is 1. The largest absolute Gasteiger partial charge is 0.493 e. The second kappa shape index (κ2) is 10.6. The molecule has 0 N–H and O–H groups in total. The molecule has 0 saturated carbocycles. The zero-order valence-electron chi connectivity index (χ0n) is 19.9. The van der Waals surface area contributed by atoms with E-state index >= 15 is 0 Å². The molecule has 8 heteroatoms. The fourth-order valence-electron chi connectivity index (χ4n) is 5.00. The Labute approximate surface area is 205 Å². The fourth-order valence-corrected chi connectivity index (χ4v) is 5.12. The van der Waals surface area contributed by atoms with Crippen LogP contribution in [-0.4, -0.2) is 69.1 Å². The van der Waals surface area contributed by atoms with Gasteiger partial charge in [-0.2, -0.15) is 0 Å². The molecule has 0 radical (unpaired) electrons. The van der Waals surface area contributed by atoms with Crippen LogP contribution in [0.15, 0.2) is 36.4 Å². The molecule has 182 valence electrons. The minimum Gasteiger partial charge on any atom is -0.493 e. The number of halogens is 1. The first-order chi connectivity index (χ1) is 16.5. The lowest BCUT2D eigenvalue weighted by Crippen LogP contribution is -2.42. The Morgan fingerprint density at radius 3 is 2.03 bits per heavy atom. The van der Waals surface area contributed by atoms with Crippen LogP contribution in [0, 0.1) is 5.92 Å². The van der Waals surface area contributed by atoms with Gasteiger partial charge in [-0.15, -0.1) is 0 Å². The van der Waals surface area contributed by atoms with Crippen LogP contribution >= 0.6 is 11.6 Å². The molecule has 2 saturated heterocycles. The summed E-state index contributed by atoms with van der Waals surface area (Å²) in [6.07, 6.45) is 3.17. The molecule has 2 aliphatic rings. The average Bonchev–Trinajstić information content (AvgIpc) is 3.33. The molecule has 4 rings (SSSR count). The molecule has 2 aromatic rings. The number of nitrogens with zero attached hydrogens (tertiary/aromatic N) is 2. The third-order valence-corrected chi connectivity index (χ3v) is 7.05. The van der Waals surface area contributed by atoms with Gasteiger partial charge in [0.2, 0.25) is 11.7 Å². The van der Waals surface area contributed by atoms with E-state index in [0.717, 1.165) is 37.9 Å². The first-order valence-electron chi connectivity index (χ1n) is 11.6. The van der Waals surface area contributed by atoms with E-state index in [9.17, 15) is 9.59 Å². The van der Waals surface area contributed by atoms with Gasteiger partial charge < -0.3 is 24.0 Å². The number of carbonyl (C=O) groups excluding carboxylic acids is 2. The van der Waals surface area contributed by atoms with Crippen LogP contribution in [0.2, 0.25) is 5.02 Å². The predicted molar refractivity (Wildman–Crippen MR) is 130 cm³/mol. The van der Waals surface area contributed by atoms with Gasteiger partial charge in [0.15, 0.2) is 11.5 Å². The van der Waals surface area contributed by atoms with Crippen molar-refractivity contribution >= 4 is 23.4 Å². The minimum atomic E-state index is -0.350. The Morgan fingerprint density at radius 1 is 0.853 bits per heavy atom. The van der Waals surface area contributed by atoms with E-state index in [4.69, 9.17) is 25.8 Å². The highest BCUT2D eigenvalue weighted by atomic mass is 35.5. The van der Waals surface area contributed by atoms with E-state index in [1.165, 1.54) is 0 Å². The standard InChI is InChI=1S/C26H31ClN2O5/c1-32-22-13-18(14-23(33-2)24(22)34-3)20-15-29(25(30)17-7-9-19(27)10-8-17)16-21(20)26(31)28-11-5-4-6-12-28/h7-10,13-14,20-21H,4-6,11-12,15-16H2,1-3H3/t20-,21+/m0/s1. The summed E-state index contributed by atoms with van der Waals surface area (Å²) in [5.74, 6) is 1.01. The van der Waals surface area contributed by atoms with Crippen LogP contribution in [0.5, 0.6) is 17.2 Å². The summed E-state index contributed by atoms with van der Waals surface area (Å²) in [5.41, 5.74) is 1.44. The van der Waals surface area contributed by atoms with Gasteiger partial charge in [0, 0.05) is 42.7 Å². The van der Waals surface area contributed by atoms with Crippen molar-refractivity contribution in [3.05, 3.63) is 52.5 Å². The highest BCUT2D eigenvalue weighted by molar-refractivity contribution is 6.30. The van der Waals surface area contributed by atoms with Crippen molar-refractivity contribution in [1.82, 2.24) is 9.80 Å². The Morgan fingerprint density at radius 2 is 1.47 bits per heavy atom. The van der Waals surface area contributed by atoms with Crippen molar-refractivity contribution in [2.75, 3.05) is 47.5 Å². The Kier molecular flexibility index (Phi) is 7.51. The molecule has 2 fully saturated rings. The topological polar surface area (TPSA) is 68.3 Å². The maximum absolute atomic E-state index is 13.6. The molecule has 0 spiro atoms. The van der Waals surface area contributed by atoms with Crippen LogP contribution < -0.4 is 14.2 Å². The predicted octanol–water partition coefficient (Wildman–Crippen LogP) is 4.23. The lowest BCUT2D eigenvalue weighted by Gasteiger charge is -2.31. The minimum absolute atomic E-state index is 0.102. The second-order valence-electron chi connectivity index (χ2n) is 8.77. The van der Waals surface area contributed by atoms with Crippen LogP contribution in [0.1, 0.15) is 41.1 Å². The lowest BCUT2D eigenvalue weighted by atomic mass is 9.87. The van der Waals surface area contributed by atoms with Gasteiger partial charge in [0.05, 0.1) is 27.2 Å². The van der Waals surface area contributed by atoms with E-state index in [1.54, 1.807) is 50.5 Å². The van der Waals surface area contributed by atoms with Gasteiger partial charge in [0.25, 0.3) is 5.91 Å². The molecule has 0 aliphatic carbocycles. The normalized spacial score (nSPS) is 20.2. The SMILES string of the molecule is COc1cc([C@@H]2CN(C(=O)c3ccc(Cl)cc3)C[C@H]2C(=O)N2CCCCC2)cc(OC)c1OC. The van der Waals surface area contributed by atoms with Crippen LogP contribution in [-0.2, 0) is 4.79 Å². The fraction of sp³-hybridized carbons (Fsp3) is 0.462. The van der Waals surface area contributed by atoms with Gasteiger partial charge in [-0.3, -0.25) is 9.59 Å².